The molecule has 2 aromatic rings. The number of carboxylic acid groups (broad SMARTS) is 1. The molecule has 0 bridgehead atoms. The minimum atomic E-state index is -1.11. The van der Waals surface area contributed by atoms with Crippen LogP contribution >= 0.6 is 15.9 Å². The average molecular weight is 473 g/mol. The fourth-order valence-corrected chi connectivity index (χ4v) is 4.35. The Kier molecular flexibility index (Phi) is 5.48. The van der Waals surface area contributed by atoms with Crippen LogP contribution in [0.15, 0.2) is 34.9 Å². The number of nitrogens with two attached hydrogens (primary N) is 1. The number of aromatic carboxylic acids is 1. The number of halogens is 1. The molecule has 1 fully saturated rings. The smallest absolute Gasteiger partial charge is 0.337 e. The number of hydrogen-bond acceptors (Lipinski definition) is 4. The van der Waals surface area contributed by atoms with E-state index in [4.69, 9.17) is 5.73 Å². The number of carboxylic acids is 1. The van der Waals surface area contributed by atoms with Crippen molar-refractivity contribution in [3.05, 3.63) is 51.8 Å². The van der Waals surface area contributed by atoms with Crippen LogP contribution in [0.2, 0.25) is 0 Å². The number of carbonyl (C=O) groups is 3. The molecule has 2 aliphatic rings. The van der Waals surface area contributed by atoms with Gasteiger partial charge in [-0.3, -0.25) is 9.59 Å². The Morgan fingerprint density at radius 2 is 2.00 bits per heavy atom. The molecule has 4 N–H and O–H groups in total. The van der Waals surface area contributed by atoms with Crippen LogP contribution in [0, 0.1) is 0 Å². The maximum Gasteiger partial charge on any atom is 0.337 e. The predicted molar refractivity (Wildman–Crippen MR) is 116 cm³/mol. The van der Waals surface area contributed by atoms with Crippen molar-refractivity contribution in [1.82, 2.24) is 9.47 Å². The minimum Gasteiger partial charge on any atom is -0.478 e. The number of anilines is 1. The monoisotopic (exact) mass is 472 g/mol. The Morgan fingerprint density at radius 3 is 2.67 bits per heavy atom. The molecule has 3 heterocycles. The van der Waals surface area contributed by atoms with Crippen LogP contribution in [-0.2, 0) is 9.59 Å². The van der Waals surface area contributed by atoms with Gasteiger partial charge in [0.2, 0.25) is 5.91 Å². The number of carbonyl (C=O) groups excluding carboxylic acids is 2. The molecule has 0 spiro atoms. The van der Waals surface area contributed by atoms with Crippen molar-refractivity contribution in [2.75, 3.05) is 25.0 Å². The molecule has 156 valence electrons. The van der Waals surface area contributed by atoms with E-state index in [1.165, 1.54) is 12.3 Å². The molecule has 2 amide bonds. The molecule has 30 heavy (non-hydrogen) atoms. The van der Waals surface area contributed by atoms with Gasteiger partial charge in [-0.1, -0.05) is 15.9 Å². The molecular formula is C21H21BrN4O4. The van der Waals surface area contributed by atoms with Gasteiger partial charge in [-0.2, -0.15) is 0 Å². The molecule has 0 radical (unpaired) electrons. The lowest BCUT2D eigenvalue weighted by Gasteiger charge is -2.22. The average Bonchev–Trinajstić information content (AvgIpc) is 3.40. The van der Waals surface area contributed by atoms with Gasteiger partial charge in [0.15, 0.2) is 0 Å². The van der Waals surface area contributed by atoms with Gasteiger partial charge in [-0.25, -0.2) is 4.79 Å². The fourth-order valence-electron chi connectivity index (χ4n) is 3.98. The van der Waals surface area contributed by atoms with E-state index in [1.54, 1.807) is 16.8 Å². The summed E-state index contributed by atoms with van der Waals surface area (Å²) in [6.07, 6.45) is 5.09. The molecule has 2 aliphatic heterocycles. The van der Waals surface area contributed by atoms with Crippen molar-refractivity contribution in [3.63, 3.8) is 0 Å². The number of nitrogens with one attached hydrogen (secondary N) is 1. The van der Waals surface area contributed by atoms with Crippen LogP contribution in [0.25, 0.3) is 11.8 Å². The zero-order valence-corrected chi connectivity index (χ0v) is 17.7. The number of aromatic nitrogens is 1. The standard InChI is InChI=1S/C21H21BrN4O4/c22-13-3-4-17-14(8-13)15(20(28)24-17)11-26-9-12(21(29)30)7-18(26)16(19(23)27)10-25-5-1-2-6-25/h3-4,7-9,11,16H,1-2,5-6,10H2,(H2,23,27)(H,24,28)(H,29,30). The number of benzene rings is 1. The van der Waals surface area contributed by atoms with E-state index in [-0.39, 0.29) is 11.5 Å². The Bertz CT molecular complexity index is 1070. The van der Waals surface area contributed by atoms with Crippen molar-refractivity contribution in [2.24, 2.45) is 5.73 Å². The van der Waals surface area contributed by atoms with Crippen molar-refractivity contribution in [1.29, 1.82) is 0 Å². The number of fused-ring (bicyclic) bond motifs is 1. The summed E-state index contributed by atoms with van der Waals surface area (Å²) in [5, 5.41) is 12.3. The van der Waals surface area contributed by atoms with Crippen LogP contribution in [0.4, 0.5) is 5.69 Å². The first-order chi connectivity index (χ1) is 14.3. The van der Waals surface area contributed by atoms with E-state index in [1.807, 2.05) is 12.1 Å². The summed E-state index contributed by atoms with van der Waals surface area (Å²) in [5.74, 6) is -2.64. The second-order valence-corrected chi connectivity index (χ2v) is 8.43. The molecule has 0 saturated carbocycles. The van der Waals surface area contributed by atoms with Gasteiger partial charge in [0.05, 0.1) is 17.1 Å². The maximum absolute atomic E-state index is 12.6. The molecule has 1 aromatic heterocycles. The van der Waals surface area contributed by atoms with Crippen molar-refractivity contribution in [3.8, 4) is 0 Å². The highest BCUT2D eigenvalue weighted by atomic mass is 79.9. The maximum atomic E-state index is 12.6. The Labute approximate surface area is 181 Å². The quantitative estimate of drug-likeness (QED) is 0.558. The summed E-state index contributed by atoms with van der Waals surface area (Å²) in [6.45, 7) is 2.16. The lowest BCUT2D eigenvalue weighted by Crippen LogP contribution is -2.34. The second-order valence-electron chi connectivity index (χ2n) is 7.52. The van der Waals surface area contributed by atoms with Gasteiger partial charge in [0, 0.05) is 40.4 Å². The molecule has 9 heteroatoms. The first-order valence-electron chi connectivity index (χ1n) is 9.63. The first kappa shape index (κ1) is 20.4. The molecule has 1 atom stereocenters. The van der Waals surface area contributed by atoms with Gasteiger partial charge in [-0.05, 0) is 50.2 Å². The van der Waals surface area contributed by atoms with Gasteiger partial charge >= 0.3 is 5.97 Å². The molecular weight excluding hydrogens is 452 g/mol. The normalized spacial score (nSPS) is 18.4. The number of amides is 2. The van der Waals surface area contributed by atoms with Crippen molar-refractivity contribution >= 4 is 51.2 Å². The third-order valence-corrected chi connectivity index (χ3v) is 5.99. The molecule has 8 nitrogen and oxygen atoms in total. The van der Waals surface area contributed by atoms with Crippen LogP contribution in [-0.4, -0.2) is 52.0 Å². The highest BCUT2D eigenvalue weighted by Crippen LogP contribution is 2.35. The molecule has 1 aromatic carbocycles. The Balaban J connectivity index is 1.79. The summed E-state index contributed by atoms with van der Waals surface area (Å²) in [7, 11) is 0. The van der Waals surface area contributed by atoms with Gasteiger partial charge in [0.25, 0.3) is 5.91 Å². The predicted octanol–water partition coefficient (Wildman–Crippen LogP) is 2.56. The van der Waals surface area contributed by atoms with E-state index in [0.717, 1.165) is 30.4 Å². The largest absolute Gasteiger partial charge is 0.478 e. The minimum absolute atomic E-state index is 0.0300. The van der Waals surface area contributed by atoms with E-state index in [9.17, 15) is 19.5 Å². The van der Waals surface area contributed by atoms with Gasteiger partial charge in [-0.15, -0.1) is 0 Å². The Hall–Kier alpha value is -2.91. The van der Waals surface area contributed by atoms with E-state index < -0.39 is 17.8 Å². The molecule has 1 saturated heterocycles. The second kappa shape index (κ2) is 8.08. The fraction of sp³-hybridized carbons (Fsp3) is 0.286. The van der Waals surface area contributed by atoms with E-state index in [0.29, 0.717) is 29.1 Å². The zero-order valence-electron chi connectivity index (χ0n) is 16.1. The van der Waals surface area contributed by atoms with Crippen LogP contribution in [0.5, 0.6) is 0 Å². The SMILES string of the molecule is NC(=O)C(CN1CCCC1)c1cc(C(=O)O)cn1C=C1C(=O)Nc2ccc(Br)cc21. The summed E-state index contributed by atoms with van der Waals surface area (Å²) in [6, 6.07) is 6.89. The summed E-state index contributed by atoms with van der Waals surface area (Å²) >= 11 is 3.41. The number of primary amides is 1. The number of hydrogen-bond donors (Lipinski definition) is 3. The van der Waals surface area contributed by atoms with E-state index >= 15 is 0 Å². The van der Waals surface area contributed by atoms with Crippen LogP contribution < -0.4 is 11.1 Å². The van der Waals surface area contributed by atoms with Gasteiger partial charge in [0.1, 0.15) is 0 Å². The Morgan fingerprint density at radius 1 is 1.27 bits per heavy atom. The highest BCUT2D eigenvalue weighted by Gasteiger charge is 2.29. The summed E-state index contributed by atoms with van der Waals surface area (Å²) in [4.78, 5) is 38.6. The molecule has 4 rings (SSSR count). The van der Waals surface area contributed by atoms with Crippen LogP contribution in [0.3, 0.4) is 0 Å². The number of likely N-dealkylation sites (tertiary alicyclic amines) is 1. The summed E-state index contributed by atoms with van der Waals surface area (Å²) in [5.41, 5.74) is 7.93. The first-order valence-corrected chi connectivity index (χ1v) is 10.4. The lowest BCUT2D eigenvalue weighted by molar-refractivity contribution is -0.120. The van der Waals surface area contributed by atoms with Crippen molar-refractivity contribution in [2.45, 2.75) is 18.8 Å². The topological polar surface area (TPSA) is 118 Å². The lowest BCUT2D eigenvalue weighted by atomic mass is 10.0. The highest BCUT2D eigenvalue weighted by molar-refractivity contribution is 9.10. The van der Waals surface area contributed by atoms with Crippen LogP contribution in [0.1, 0.15) is 40.4 Å². The molecule has 0 aliphatic carbocycles. The van der Waals surface area contributed by atoms with E-state index in [2.05, 4.69) is 26.1 Å². The third kappa shape index (κ3) is 3.90. The summed E-state index contributed by atoms with van der Waals surface area (Å²) < 4.78 is 2.35. The third-order valence-electron chi connectivity index (χ3n) is 5.50. The zero-order chi connectivity index (χ0) is 21.4. The number of nitrogens with zero attached hydrogens (tertiary/aromatic N) is 2. The number of rotatable bonds is 6. The van der Waals surface area contributed by atoms with Crippen molar-refractivity contribution < 1.29 is 19.5 Å². The van der Waals surface area contributed by atoms with Gasteiger partial charge < -0.3 is 25.6 Å². The molecule has 1 unspecified atom stereocenters.